The van der Waals surface area contributed by atoms with Crippen LogP contribution in [0.25, 0.3) is 11.2 Å². The minimum absolute atomic E-state index is 0.0252. The monoisotopic (exact) mass is 453 g/mol. The molecule has 7 nitrogen and oxygen atoms in total. The van der Waals surface area contributed by atoms with E-state index in [1.54, 1.807) is 6.20 Å². The van der Waals surface area contributed by atoms with Crippen molar-refractivity contribution in [2.45, 2.75) is 32.0 Å². The molecule has 2 saturated heterocycles. The van der Waals surface area contributed by atoms with E-state index in [9.17, 15) is 22.0 Å². The highest BCUT2D eigenvalue weighted by atomic mass is 19.4. The molecule has 5 rings (SSSR count). The van der Waals surface area contributed by atoms with Gasteiger partial charge in [0.1, 0.15) is 23.6 Å². The summed E-state index contributed by atoms with van der Waals surface area (Å²) in [7, 11) is 0. The molecule has 0 aromatic carbocycles. The molecule has 1 atom stereocenters. The molecule has 2 aliphatic rings. The first-order chi connectivity index (χ1) is 15.2. The number of halogens is 5. The number of anilines is 2. The van der Waals surface area contributed by atoms with Gasteiger partial charge < -0.3 is 9.80 Å². The number of hydrogen-bond acceptors (Lipinski definition) is 6. The van der Waals surface area contributed by atoms with E-state index >= 15 is 0 Å². The van der Waals surface area contributed by atoms with E-state index in [0.717, 1.165) is 36.7 Å². The lowest BCUT2D eigenvalue weighted by Crippen LogP contribution is -2.31. The maximum atomic E-state index is 12.8. The number of fused-ring (bicyclic) bond motifs is 1. The average molecular weight is 453 g/mol. The van der Waals surface area contributed by atoms with Crippen molar-refractivity contribution in [3.8, 4) is 0 Å². The minimum Gasteiger partial charge on any atom is -0.370 e. The Morgan fingerprint density at radius 3 is 2.41 bits per heavy atom. The van der Waals surface area contributed by atoms with Gasteiger partial charge in [0.25, 0.3) is 6.43 Å². The van der Waals surface area contributed by atoms with Crippen molar-refractivity contribution < 1.29 is 22.0 Å². The van der Waals surface area contributed by atoms with E-state index < -0.39 is 24.8 Å². The van der Waals surface area contributed by atoms with Crippen LogP contribution in [0.5, 0.6) is 0 Å². The second-order valence-corrected chi connectivity index (χ2v) is 8.40. The molecule has 1 spiro atoms. The van der Waals surface area contributed by atoms with Gasteiger partial charge in [-0.15, -0.1) is 0 Å². The molecule has 12 heteroatoms. The lowest BCUT2D eigenvalue weighted by atomic mass is 9.86. The Kier molecular flexibility index (Phi) is 4.90. The Labute approximate surface area is 179 Å². The van der Waals surface area contributed by atoms with Crippen molar-refractivity contribution in [3.63, 3.8) is 0 Å². The Morgan fingerprint density at radius 1 is 0.969 bits per heavy atom. The molecule has 32 heavy (non-hydrogen) atoms. The summed E-state index contributed by atoms with van der Waals surface area (Å²) in [5.41, 5.74) is 0.535. The number of alkyl halides is 5. The minimum atomic E-state index is -4.45. The molecule has 0 bridgehead atoms. The number of aromatic nitrogens is 5. The van der Waals surface area contributed by atoms with Gasteiger partial charge >= 0.3 is 6.18 Å². The highest BCUT2D eigenvalue weighted by Crippen LogP contribution is 2.42. The standard InChI is InChI=1S/C20H20F5N7/c21-16(22)10-32-18-14(8-28-32)26-9-17(29-18)31-6-4-19(12-31)3-5-30(11-19)13-1-2-15(27-7-13)20(23,24)25/h1-2,7-9,16H,3-6,10-12H2. The Balaban J connectivity index is 1.30. The summed E-state index contributed by atoms with van der Waals surface area (Å²) >= 11 is 0. The molecular weight excluding hydrogens is 433 g/mol. The lowest BCUT2D eigenvalue weighted by molar-refractivity contribution is -0.141. The Morgan fingerprint density at radius 2 is 1.72 bits per heavy atom. The van der Waals surface area contributed by atoms with E-state index in [-0.39, 0.29) is 5.41 Å². The van der Waals surface area contributed by atoms with Crippen LogP contribution in [0.4, 0.5) is 33.5 Å². The molecule has 5 heterocycles. The average Bonchev–Trinajstić information content (AvgIpc) is 3.47. The summed E-state index contributed by atoms with van der Waals surface area (Å²) in [4.78, 5) is 16.6. The van der Waals surface area contributed by atoms with Crippen LogP contribution < -0.4 is 9.80 Å². The lowest BCUT2D eigenvalue weighted by Gasteiger charge is -2.26. The fourth-order valence-electron chi connectivity index (χ4n) is 4.62. The first kappa shape index (κ1) is 20.8. The van der Waals surface area contributed by atoms with E-state index in [2.05, 4.69) is 29.9 Å². The quantitative estimate of drug-likeness (QED) is 0.563. The van der Waals surface area contributed by atoms with Crippen LogP contribution in [0.15, 0.2) is 30.7 Å². The second kappa shape index (κ2) is 7.52. The van der Waals surface area contributed by atoms with Crippen molar-refractivity contribution in [2.75, 3.05) is 36.0 Å². The largest absolute Gasteiger partial charge is 0.433 e. The predicted molar refractivity (Wildman–Crippen MR) is 107 cm³/mol. The van der Waals surface area contributed by atoms with E-state index in [4.69, 9.17) is 0 Å². The van der Waals surface area contributed by atoms with Crippen molar-refractivity contribution in [3.05, 3.63) is 36.4 Å². The van der Waals surface area contributed by atoms with E-state index in [1.165, 1.54) is 18.5 Å². The third-order valence-electron chi connectivity index (χ3n) is 6.25. The maximum absolute atomic E-state index is 12.8. The highest BCUT2D eigenvalue weighted by Gasteiger charge is 2.44. The smallest absolute Gasteiger partial charge is 0.370 e. The third kappa shape index (κ3) is 3.82. The molecule has 3 aromatic rings. The van der Waals surface area contributed by atoms with Gasteiger partial charge in [-0.05, 0) is 25.0 Å². The molecule has 0 N–H and O–H groups in total. The zero-order chi connectivity index (χ0) is 22.5. The predicted octanol–water partition coefficient (Wildman–Crippen LogP) is 3.61. The van der Waals surface area contributed by atoms with Gasteiger partial charge in [-0.1, -0.05) is 0 Å². The highest BCUT2D eigenvalue weighted by molar-refractivity contribution is 5.71. The van der Waals surface area contributed by atoms with Gasteiger partial charge in [-0.2, -0.15) is 18.3 Å². The molecular formula is C20H20F5N7. The molecule has 1 unspecified atom stereocenters. The zero-order valence-electron chi connectivity index (χ0n) is 16.9. The van der Waals surface area contributed by atoms with Crippen LogP contribution in [0, 0.1) is 5.41 Å². The molecule has 170 valence electrons. The molecule has 0 aliphatic carbocycles. The Hall–Kier alpha value is -3.05. The molecule has 2 fully saturated rings. The maximum Gasteiger partial charge on any atom is 0.433 e. The number of hydrogen-bond donors (Lipinski definition) is 0. The first-order valence-corrected chi connectivity index (χ1v) is 10.2. The van der Waals surface area contributed by atoms with Gasteiger partial charge in [0, 0.05) is 31.6 Å². The Bertz CT molecular complexity index is 1110. The number of nitrogens with zero attached hydrogens (tertiary/aromatic N) is 7. The van der Waals surface area contributed by atoms with Gasteiger partial charge in [0.2, 0.25) is 0 Å². The number of pyridine rings is 1. The summed E-state index contributed by atoms with van der Waals surface area (Å²) in [6.45, 7) is 2.34. The fraction of sp³-hybridized carbons (Fsp3) is 0.500. The van der Waals surface area contributed by atoms with Crippen LogP contribution in [-0.2, 0) is 12.7 Å². The molecule has 3 aromatic heterocycles. The first-order valence-electron chi connectivity index (χ1n) is 10.2. The van der Waals surface area contributed by atoms with Gasteiger partial charge in [0.15, 0.2) is 5.65 Å². The topological polar surface area (TPSA) is 63.0 Å². The summed E-state index contributed by atoms with van der Waals surface area (Å²) in [5.74, 6) is 0.611. The fourth-order valence-corrected chi connectivity index (χ4v) is 4.62. The zero-order valence-corrected chi connectivity index (χ0v) is 16.9. The number of rotatable bonds is 4. The van der Waals surface area contributed by atoms with Crippen molar-refractivity contribution in [2.24, 2.45) is 5.41 Å². The molecule has 0 amide bonds. The van der Waals surface area contributed by atoms with Crippen LogP contribution in [0.1, 0.15) is 18.5 Å². The van der Waals surface area contributed by atoms with Gasteiger partial charge in [-0.25, -0.2) is 28.4 Å². The summed E-state index contributed by atoms with van der Waals surface area (Å²) in [6.07, 6.45) is -0.878. The van der Waals surface area contributed by atoms with Crippen LogP contribution in [0.3, 0.4) is 0 Å². The molecule has 0 radical (unpaired) electrons. The SMILES string of the molecule is FC(F)Cn1ncc2ncc(N3CCC4(CCN(c5ccc(C(F)(F)F)nc5)C4)C3)nc21. The van der Waals surface area contributed by atoms with Crippen molar-refractivity contribution in [1.29, 1.82) is 0 Å². The summed E-state index contributed by atoms with van der Waals surface area (Å²) < 4.78 is 65.1. The van der Waals surface area contributed by atoms with E-state index in [1.807, 2.05) is 0 Å². The van der Waals surface area contributed by atoms with Gasteiger partial charge in [0.05, 0.1) is 24.3 Å². The normalized spacial score (nSPS) is 21.6. The molecule has 0 saturated carbocycles. The summed E-state index contributed by atoms with van der Waals surface area (Å²) in [5, 5.41) is 3.95. The van der Waals surface area contributed by atoms with Crippen molar-refractivity contribution >= 4 is 22.7 Å². The molecule has 2 aliphatic heterocycles. The van der Waals surface area contributed by atoms with Crippen LogP contribution >= 0.6 is 0 Å². The second-order valence-electron chi connectivity index (χ2n) is 8.40. The van der Waals surface area contributed by atoms with E-state index in [0.29, 0.717) is 35.8 Å². The van der Waals surface area contributed by atoms with Crippen LogP contribution in [0.2, 0.25) is 0 Å². The van der Waals surface area contributed by atoms with Crippen molar-refractivity contribution in [1.82, 2.24) is 24.7 Å². The summed E-state index contributed by atoms with van der Waals surface area (Å²) in [6, 6.07) is 2.47. The third-order valence-corrected chi connectivity index (χ3v) is 6.25. The van der Waals surface area contributed by atoms with Crippen LogP contribution in [-0.4, -0.2) is 57.3 Å². The van der Waals surface area contributed by atoms with Gasteiger partial charge in [-0.3, -0.25) is 0 Å².